The molecule has 9 nitrogen and oxygen atoms in total. The molecular weight excluding hydrogens is 374 g/mol. The fourth-order valence-electron chi connectivity index (χ4n) is 4.06. The molecule has 2 amide bonds. The van der Waals surface area contributed by atoms with Gasteiger partial charge in [0.05, 0.1) is 39.5 Å². The van der Waals surface area contributed by atoms with E-state index >= 15 is 0 Å². The molecule has 1 aromatic carbocycles. The number of imide groups is 1. The van der Waals surface area contributed by atoms with Gasteiger partial charge in [0, 0.05) is 13.1 Å². The molecule has 2 heterocycles. The predicted molar refractivity (Wildman–Crippen MR) is 107 cm³/mol. The molecule has 2 aromatic rings. The maximum atomic E-state index is 12.8. The van der Waals surface area contributed by atoms with Gasteiger partial charge in [-0.3, -0.25) is 24.4 Å². The minimum absolute atomic E-state index is 0.209. The first-order chi connectivity index (χ1) is 13.8. The Hall–Kier alpha value is -3.49. The van der Waals surface area contributed by atoms with Crippen LogP contribution in [0.4, 0.5) is 22.7 Å². The smallest absolute Gasteiger partial charge is 0.294 e. The number of hydrogen-bond acceptors (Lipinski definition) is 6. The van der Waals surface area contributed by atoms with E-state index in [4.69, 9.17) is 0 Å². The fourth-order valence-corrected chi connectivity index (χ4v) is 4.06. The van der Waals surface area contributed by atoms with Gasteiger partial charge in [0.2, 0.25) is 11.8 Å². The van der Waals surface area contributed by atoms with Gasteiger partial charge >= 0.3 is 0 Å². The van der Waals surface area contributed by atoms with E-state index in [9.17, 15) is 19.7 Å². The quantitative estimate of drug-likeness (QED) is 0.368. The van der Waals surface area contributed by atoms with Crippen molar-refractivity contribution in [2.45, 2.75) is 26.7 Å². The minimum atomic E-state index is -0.521. The van der Waals surface area contributed by atoms with E-state index in [1.807, 2.05) is 26.0 Å². The number of allylic oxidation sites excluding steroid dienone is 2. The van der Waals surface area contributed by atoms with Crippen molar-refractivity contribution in [2.24, 2.45) is 18.9 Å². The monoisotopic (exact) mass is 395 g/mol. The van der Waals surface area contributed by atoms with Gasteiger partial charge in [-0.15, -0.1) is 0 Å². The average Bonchev–Trinajstić information content (AvgIpc) is 3.09. The zero-order valence-corrected chi connectivity index (χ0v) is 16.4. The van der Waals surface area contributed by atoms with Crippen LogP contribution >= 0.6 is 0 Å². The third kappa shape index (κ3) is 2.98. The van der Waals surface area contributed by atoms with Gasteiger partial charge in [0.15, 0.2) is 0 Å². The van der Waals surface area contributed by atoms with Gasteiger partial charge in [0.25, 0.3) is 5.69 Å². The van der Waals surface area contributed by atoms with E-state index in [1.165, 1.54) is 12.1 Å². The zero-order valence-electron chi connectivity index (χ0n) is 16.4. The number of hydrogen-bond donors (Lipinski definition) is 1. The maximum absolute atomic E-state index is 12.8. The molecule has 4 rings (SSSR count). The molecule has 2 atom stereocenters. The summed E-state index contributed by atoms with van der Waals surface area (Å²) < 4.78 is 1.69. The summed E-state index contributed by atoms with van der Waals surface area (Å²) in [6.07, 6.45) is 4.85. The first kappa shape index (κ1) is 18.9. The number of nitrogens with one attached hydrogen (secondary N) is 1. The van der Waals surface area contributed by atoms with Gasteiger partial charge in [-0.2, -0.15) is 5.10 Å². The number of aryl methyl sites for hydroxylation is 2. The molecular formula is C20H21N5O4. The average molecular weight is 395 g/mol. The maximum Gasteiger partial charge on any atom is 0.294 e. The topological polar surface area (TPSA) is 110 Å². The summed E-state index contributed by atoms with van der Waals surface area (Å²) in [5, 5.41) is 19.1. The van der Waals surface area contributed by atoms with Crippen LogP contribution < -0.4 is 10.2 Å². The van der Waals surface area contributed by atoms with Crippen LogP contribution in [0.25, 0.3) is 0 Å². The van der Waals surface area contributed by atoms with E-state index in [0.717, 1.165) is 10.6 Å². The summed E-state index contributed by atoms with van der Waals surface area (Å²) in [4.78, 5) is 37.8. The van der Waals surface area contributed by atoms with Crippen molar-refractivity contribution in [1.29, 1.82) is 0 Å². The molecule has 1 aliphatic heterocycles. The Kier molecular flexibility index (Phi) is 4.45. The van der Waals surface area contributed by atoms with Gasteiger partial charge in [0.1, 0.15) is 5.69 Å². The Morgan fingerprint density at radius 2 is 1.76 bits per heavy atom. The molecule has 1 saturated heterocycles. The molecule has 1 N–H and O–H groups in total. The number of amides is 2. The van der Waals surface area contributed by atoms with Crippen molar-refractivity contribution in [3.63, 3.8) is 0 Å². The lowest BCUT2D eigenvalue weighted by molar-refractivity contribution is -0.383. The van der Waals surface area contributed by atoms with Crippen LogP contribution in [0.1, 0.15) is 24.2 Å². The number of fused-ring (bicyclic) bond motifs is 1. The number of carbonyl (C=O) groups is 2. The highest BCUT2D eigenvalue weighted by Gasteiger charge is 2.48. The first-order valence-electron chi connectivity index (χ1n) is 9.38. The summed E-state index contributed by atoms with van der Waals surface area (Å²) in [5.41, 5.74) is 2.53. The number of anilines is 3. The van der Waals surface area contributed by atoms with E-state index in [2.05, 4.69) is 10.4 Å². The third-order valence-electron chi connectivity index (χ3n) is 5.71. The van der Waals surface area contributed by atoms with Gasteiger partial charge < -0.3 is 5.32 Å². The van der Waals surface area contributed by atoms with Crippen LogP contribution in [0.5, 0.6) is 0 Å². The van der Waals surface area contributed by atoms with Gasteiger partial charge in [-0.05, 0) is 38.8 Å². The highest BCUT2D eigenvalue weighted by Crippen LogP contribution is 2.40. The second-order valence-electron chi connectivity index (χ2n) is 7.42. The molecule has 0 spiro atoms. The lowest BCUT2D eigenvalue weighted by Crippen LogP contribution is -2.30. The molecule has 9 heteroatoms. The summed E-state index contributed by atoms with van der Waals surface area (Å²) in [5.74, 6) is -1.35. The Morgan fingerprint density at radius 3 is 2.28 bits per heavy atom. The predicted octanol–water partition coefficient (Wildman–Crippen LogP) is 3.14. The number of nitro groups is 1. The van der Waals surface area contributed by atoms with Crippen LogP contribution in [0.15, 0.2) is 30.4 Å². The Bertz CT molecular complexity index is 1050. The van der Waals surface area contributed by atoms with Crippen LogP contribution in [0.3, 0.4) is 0 Å². The molecule has 2 aliphatic rings. The second kappa shape index (κ2) is 6.84. The van der Waals surface area contributed by atoms with Gasteiger partial charge in [-0.1, -0.05) is 12.2 Å². The van der Waals surface area contributed by atoms with E-state index in [1.54, 1.807) is 17.8 Å². The normalized spacial score (nSPS) is 20.9. The van der Waals surface area contributed by atoms with Crippen molar-refractivity contribution in [3.8, 4) is 0 Å². The van der Waals surface area contributed by atoms with Crippen LogP contribution in [-0.2, 0) is 16.6 Å². The summed E-state index contributed by atoms with van der Waals surface area (Å²) in [6.45, 7) is 3.67. The van der Waals surface area contributed by atoms with Gasteiger partial charge in [-0.25, -0.2) is 4.90 Å². The molecule has 150 valence electrons. The summed E-state index contributed by atoms with van der Waals surface area (Å²) in [7, 11) is 1.80. The molecule has 1 fully saturated rings. The molecule has 0 unspecified atom stereocenters. The van der Waals surface area contributed by atoms with Crippen molar-refractivity contribution in [3.05, 3.63) is 51.9 Å². The molecule has 0 saturated carbocycles. The van der Waals surface area contributed by atoms with E-state index < -0.39 is 4.92 Å². The number of carbonyl (C=O) groups excluding carboxylic acids is 2. The van der Waals surface area contributed by atoms with Crippen molar-refractivity contribution in [2.75, 3.05) is 10.2 Å². The number of nitrogens with zero attached hydrogens (tertiary/aromatic N) is 4. The molecule has 1 aromatic heterocycles. The van der Waals surface area contributed by atoms with E-state index in [-0.39, 0.29) is 40.7 Å². The van der Waals surface area contributed by atoms with Crippen LogP contribution in [0.2, 0.25) is 0 Å². The standard InChI is InChI=1S/C20H21N5O4/c1-11-18(12(2)23(3)22-11)21-16-9-8-13(10-17(16)25(28)29)24-19(26)14-6-4-5-7-15(14)20(24)27/h4-5,8-10,14-15,21H,6-7H2,1-3H3/t14-,15+. The third-order valence-corrected chi connectivity index (χ3v) is 5.71. The first-order valence-corrected chi connectivity index (χ1v) is 9.38. The second-order valence-corrected chi connectivity index (χ2v) is 7.42. The lowest BCUT2D eigenvalue weighted by atomic mass is 9.85. The highest BCUT2D eigenvalue weighted by atomic mass is 16.6. The Balaban J connectivity index is 1.71. The molecule has 0 bridgehead atoms. The number of aromatic nitrogens is 2. The molecule has 0 radical (unpaired) electrons. The number of nitro benzene ring substituents is 1. The Labute approximate surface area is 167 Å². The number of rotatable bonds is 4. The lowest BCUT2D eigenvalue weighted by Gasteiger charge is -2.16. The van der Waals surface area contributed by atoms with Crippen LogP contribution in [0, 0.1) is 35.8 Å². The fraction of sp³-hybridized carbons (Fsp3) is 0.350. The SMILES string of the molecule is Cc1nn(C)c(C)c1Nc1ccc(N2C(=O)[C@H]3CC=CC[C@H]3C2=O)cc1[N+](=O)[O-]. The Morgan fingerprint density at radius 1 is 1.14 bits per heavy atom. The van der Waals surface area contributed by atoms with Crippen molar-refractivity contribution < 1.29 is 14.5 Å². The molecule has 1 aliphatic carbocycles. The summed E-state index contributed by atoms with van der Waals surface area (Å²) in [6, 6.07) is 4.38. The largest absolute Gasteiger partial charge is 0.347 e. The van der Waals surface area contributed by atoms with E-state index in [0.29, 0.717) is 24.2 Å². The molecule has 29 heavy (non-hydrogen) atoms. The zero-order chi connectivity index (χ0) is 20.9. The number of benzene rings is 1. The highest BCUT2D eigenvalue weighted by molar-refractivity contribution is 6.22. The van der Waals surface area contributed by atoms with Crippen molar-refractivity contribution >= 4 is 34.6 Å². The summed E-state index contributed by atoms with van der Waals surface area (Å²) >= 11 is 0. The minimum Gasteiger partial charge on any atom is -0.347 e. The van der Waals surface area contributed by atoms with Crippen molar-refractivity contribution in [1.82, 2.24) is 9.78 Å². The van der Waals surface area contributed by atoms with Crippen LogP contribution in [-0.4, -0.2) is 26.5 Å².